The molecule has 0 heterocycles. The summed E-state index contributed by atoms with van der Waals surface area (Å²) in [6, 6.07) is 7.53. The van der Waals surface area contributed by atoms with E-state index in [1.165, 1.54) is 0 Å². The highest BCUT2D eigenvalue weighted by atomic mass is 16.1. The lowest BCUT2D eigenvalue weighted by Crippen LogP contribution is -2.13. The molecule has 4 N–H and O–H groups in total. The Morgan fingerprint density at radius 2 is 1.85 bits per heavy atom. The molecule has 0 radical (unpaired) electrons. The lowest BCUT2D eigenvalue weighted by molar-refractivity contribution is -0.117. The number of carbonyl (C=O) groups is 1. The molecule has 0 saturated heterocycles. The Labute approximate surface area is 77.7 Å². The second-order valence-electron chi connectivity index (χ2n) is 2.98. The van der Waals surface area contributed by atoms with Crippen LogP contribution in [-0.4, -0.2) is 12.3 Å². The number of anilines is 1. The van der Waals surface area contributed by atoms with Gasteiger partial charge >= 0.3 is 0 Å². The van der Waals surface area contributed by atoms with Crippen molar-refractivity contribution in [2.24, 2.45) is 5.73 Å². The lowest BCUT2D eigenvalue weighted by Gasteiger charge is -2.00. The van der Waals surface area contributed by atoms with Crippen molar-refractivity contribution in [3.63, 3.8) is 0 Å². The van der Waals surface area contributed by atoms with Gasteiger partial charge in [-0.05, 0) is 24.1 Å². The Kier molecular flexibility index (Phi) is 3.46. The maximum absolute atomic E-state index is 10.9. The monoisotopic (exact) mass is 178 g/mol. The van der Waals surface area contributed by atoms with Crippen molar-refractivity contribution in [2.75, 3.05) is 12.3 Å². The van der Waals surface area contributed by atoms with E-state index in [1.54, 1.807) is 0 Å². The number of hydrogen-bond donors (Lipinski definition) is 2. The van der Waals surface area contributed by atoms with Gasteiger partial charge in [-0.2, -0.15) is 0 Å². The zero-order chi connectivity index (χ0) is 9.68. The van der Waals surface area contributed by atoms with Crippen LogP contribution in [0, 0.1) is 0 Å². The molecule has 0 saturated carbocycles. The Morgan fingerprint density at radius 3 is 2.38 bits per heavy atom. The minimum Gasteiger partial charge on any atom is -0.399 e. The zero-order valence-electron chi connectivity index (χ0n) is 7.49. The maximum atomic E-state index is 10.9. The summed E-state index contributed by atoms with van der Waals surface area (Å²) >= 11 is 0. The standard InChI is InChI=1S/C10H14N2O/c11-7-10(13)6-3-8-1-4-9(12)5-2-8/h1-2,4-5H,3,6-7,11-12H2. The van der Waals surface area contributed by atoms with Crippen LogP contribution < -0.4 is 11.5 Å². The SMILES string of the molecule is NCC(=O)CCc1ccc(N)cc1. The summed E-state index contributed by atoms with van der Waals surface area (Å²) in [7, 11) is 0. The predicted octanol–water partition coefficient (Wildman–Crippen LogP) is 0.729. The first-order valence-electron chi connectivity index (χ1n) is 4.28. The number of Topliss-reactive ketones (excluding diaryl/α,β-unsaturated/α-hetero) is 1. The van der Waals surface area contributed by atoms with Gasteiger partial charge in [0, 0.05) is 12.1 Å². The van der Waals surface area contributed by atoms with Gasteiger partial charge in [0.15, 0.2) is 0 Å². The number of hydrogen-bond acceptors (Lipinski definition) is 3. The van der Waals surface area contributed by atoms with Crippen molar-refractivity contribution in [3.05, 3.63) is 29.8 Å². The highest BCUT2D eigenvalue weighted by Gasteiger charge is 1.99. The molecule has 13 heavy (non-hydrogen) atoms. The number of aryl methyl sites for hydroxylation is 1. The Balaban J connectivity index is 2.46. The number of benzene rings is 1. The van der Waals surface area contributed by atoms with Crippen molar-refractivity contribution in [3.8, 4) is 0 Å². The van der Waals surface area contributed by atoms with Gasteiger partial charge in [0.05, 0.1) is 6.54 Å². The van der Waals surface area contributed by atoms with Gasteiger partial charge < -0.3 is 11.5 Å². The van der Waals surface area contributed by atoms with E-state index in [0.29, 0.717) is 6.42 Å². The molecule has 0 aliphatic rings. The Bertz CT molecular complexity index is 279. The summed E-state index contributed by atoms with van der Waals surface area (Å²) in [6.45, 7) is 0.134. The molecule has 3 nitrogen and oxygen atoms in total. The van der Waals surface area contributed by atoms with Crippen LogP contribution in [0.1, 0.15) is 12.0 Å². The van der Waals surface area contributed by atoms with Gasteiger partial charge in [0.1, 0.15) is 5.78 Å². The normalized spacial score (nSPS) is 9.92. The van der Waals surface area contributed by atoms with Gasteiger partial charge in [-0.1, -0.05) is 12.1 Å². The van der Waals surface area contributed by atoms with E-state index in [2.05, 4.69) is 0 Å². The third-order valence-electron chi connectivity index (χ3n) is 1.90. The van der Waals surface area contributed by atoms with Crippen LogP contribution in [0.5, 0.6) is 0 Å². The van der Waals surface area contributed by atoms with Gasteiger partial charge in [-0.25, -0.2) is 0 Å². The average Bonchev–Trinajstić information content (AvgIpc) is 2.16. The minimum absolute atomic E-state index is 0.0943. The van der Waals surface area contributed by atoms with Crippen LogP contribution >= 0.6 is 0 Å². The molecule has 0 atom stereocenters. The second-order valence-corrected chi connectivity index (χ2v) is 2.98. The summed E-state index contributed by atoms with van der Waals surface area (Å²) in [5.41, 5.74) is 12.6. The van der Waals surface area contributed by atoms with Crippen LogP contribution in [0.3, 0.4) is 0 Å². The van der Waals surface area contributed by atoms with E-state index in [-0.39, 0.29) is 12.3 Å². The number of rotatable bonds is 4. The van der Waals surface area contributed by atoms with Crippen LogP contribution in [0.2, 0.25) is 0 Å². The highest BCUT2D eigenvalue weighted by molar-refractivity contribution is 5.80. The predicted molar refractivity (Wildman–Crippen MR) is 53.2 cm³/mol. The maximum Gasteiger partial charge on any atom is 0.146 e. The van der Waals surface area contributed by atoms with Gasteiger partial charge in [-0.3, -0.25) is 4.79 Å². The third kappa shape index (κ3) is 3.25. The molecule has 1 rings (SSSR count). The zero-order valence-corrected chi connectivity index (χ0v) is 7.49. The van der Waals surface area contributed by atoms with Gasteiger partial charge in [0.2, 0.25) is 0 Å². The molecule has 0 aromatic heterocycles. The quantitative estimate of drug-likeness (QED) is 0.668. The molecule has 0 fully saturated rings. The fourth-order valence-electron chi connectivity index (χ4n) is 1.07. The smallest absolute Gasteiger partial charge is 0.146 e. The summed E-state index contributed by atoms with van der Waals surface area (Å²) in [5, 5.41) is 0. The molecule has 0 amide bonds. The first kappa shape index (κ1) is 9.74. The molecule has 0 spiro atoms. The third-order valence-corrected chi connectivity index (χ3v) is 1.90. The largest absolute Gasteiger partial charge is 0.399 e. The topological polar surface area (TPSA) is 69.1 Å². The molecule has 1 aromatic rings. The van der Waals surface area contributed by atoms with Crippen molar-refractivity contribution in [1.29, 1.82) is 0 Å². The van der Waals surface area contributed by atoms with E-state index >= 15 is 0 Å². The van der Waals surface area contributed by atoms with E-state index in [4.69, 9.17) is 11.5 Å². The summed E-state index contributed by atoms with van der Waals surface area (Å²) < 4.78 is 0. The van der Waals surface area contributed by atoms with Crippen LogP contribution in [0.15, 0.2) is 24.3 Å². The minimum atomic E-state index is 0.0943. The number of carbonyl (C=O) groups excluding carboxylic acids is 1. The van der Waals surface area contributed by atoms with E-state index < -0.39 is 0 Å². The molecule has 3 heteroatoms. The number of ketones is 1. The first-order chi connectivity index (χ1) is 6.22. The molecular formula is C10H14N2O. The Morgan fingerprint density at radius 1 is 1.23 bits per heavy atom. The first-order valence-corrected chi connectivity index (χ1v) is 4.28. The molecule has 0 bridgehead atoms. The lowest BCUT2D eigenvalue weighted by atomic mass is 10.1. The molecule has 70 valence electrons. The Hall–Kier alpha value is -1.35. The summed E-state index contributed by atoms with van der Waals surface area (Å²) in [5.74, 6) is 0.0943. The summed E-state index contributed by atoms with van der Waals surface area (Å²) in [6.07, 6.45) is 1.26. The van der Waals surface area contributed by atoms with Crippen LogP contribution in [0.25, 0.3) is 0 Å². The molecule has 1 aromatic carbocycles. The van der Waals surface area contributed by atoms with Crippen molar-refractivity contribution in [2.45, 2.75) is 12.8 Å². The van der Waals surface area contributed by atoms with Gasteiger partial charge in [-0.15, -0.1) is 0 Å². The second kappa shape index (κ2) is 4.62. The fraction of sp³-hybridized carbons (Fsp3) is 0.300. The van der Waals surface area contributed by atoms with Crippen LogP contribution in [-0.2, 0) is 11.2 Å². The molecular weight excluding hydrogens is 164 g/mol. The van der Waals surface area contributed by atoms with E-state index in [9.17, 15) is 4.79 Å². The van der Waals surface area contributed by atoms with E-state index in [1.807, 2.05) is 24.3 Å². The highest BCUT2D eigenvalue weighted by Crippen LogP contribution is 2.07. The fourth-order valence-corrected chi connectivity index (χ4v) is 1.07. The van der Waals surface area contributed by atoms with E-state index in [0.717, 1.165) is 17.7 Å². The van der Waals surface area contributed by atoms with Crippen molar-refractivity contribution in [1.82, 2.24) is 0 Å². The number of nitrogen functional groups attached to an aromatic ring is 1. The average molecular weight is 178 g/mol. The number of nitrogens with two attached hydrogens (primary N) is 2. The molecule has 0 aliphatic carbocycles. The molecule has 0 aliphatic heterocycles. The van der Waals surface area contributed by atoms with Crippen molar-refractivity contribution >= 4 is 11.5 Å². The van der Waals surface area contributed by atoms with Crippen molar-refractivity contribution < 1.29 is 4.79 Å². The molecule has 0 unspecified atom stereocenters. The van der Waals surface area contributed by atoms with Crippen LogP contribution in [0.4, 0.5) is 5.69 Å². The van der Waals surface area contributed by atoms with Gasteiger partial charge in [0.25, 0.3) is 0 Å². The summed E-state index contributed by atoms with van der Waals surface area (Å²) in [4.78, 5) is 10.9.